The fraction of sp³-hybridized carbons (Fsp3) is 0.409. The first-order valence-electron chi connectivity index (χ1n) is 9.47. The van der Waals surface area contributed by atoms with E-state index in [1.807, 2.05) is 23.1 Å². The van der Waals surface area contributed by atoms with Crippen molar-refractivity contribution in [1.29, 1.82) is 0 Å². The Labute approximate surface area is 161 Å². The molecule has 2 aromatic carbocycles. The van der Waals surface area contributed by atoms with E-state index in [1.54, 1.807) is 0 Å². The normalized spacial score (nSPS) is 25.7. The van der Waals surface area contributed by atoms with Crippen LogP contribution in [-0.4, -0.2) is 18.0 Å². The monoisotopic (exact) mass is 368 g/mol. The molecule has 1 saturated heterocycles. The van der Waals surface area contributed by atoms with Gasteiger partial charge in [-0.2, -0.15) is 0 Å². The highest BCUT2D eigenvalue weighted by atomic mass is 35.5. The van der Waals surface area contributed by atoms with E-state index in [0.717, 1.165) is 31.5 Å². The van der Waals surface area contributed by atoms with Gasteiger partial charge in [0.25, 0.3) is 0 Å². The minimum Gasteiger partial charge on any atom is -0.310 e. The number of nitrogens with one attached hydrogen (secondary N) is 1. The zero-order valence-corrected chi connectivity index (χ0v) is 15.7. The quantitative estimate of drug-likeness (QED) is 0.861. The van der Waals surface area contributed by atoms with Crippen LogP contribution in [0.25, 0.3) is 0 Å². The molecule has 0 aromatic heterocycles. The molecule has 3 aliphatic rings. The summed E-state index contributed by atoms with van der Waals surface area (Å²) >= 11 is 0. The molecule has 2 spiro atoms. The van der Waals surface area contributed by atoms with E-state index in [1.165, 1.54) is 24.0 Å². The number of carbonyl (C=O) groups excluding carboxylic acids is 1. The van der Waals surface area contributed by atoms with Crippen LogP contribution in [0.4, 0.5) is 5.69 Å². The summed E-state index contributed by atoms with van der Waals surface area (Å²) in [5.41, 5.74) is 3.16. The smallest absolute Gasteiger partial charge is 0.239 e. The molecule has 2 aromatic rings. The molecule has 3 nitrogen and oxygen atoms in total. The molecule has 2 aliphatic heterocycles. The molecule has 5 rings (SSSR count). The zero-order chi connectivity index (χ0) is 16.9. The molecule has 1 amide bonds. The Morgan fingerprint density at radius 2 is 1.62 bits per heavy atom. The number of hydrogen-bond acceptors (Lipinski definition) is 2. The van der Waals surface area contributed by atoms with Crippen LogP contribution >= 0.6 is 12.4 Å². The Morgan fingerprint density at radius 3 is 2.38 bits per heavy atom. The van der Waals surface area contributed by atoms with Crippen LogP contribution in [0.2, 0.25) is 0 Å². The third-order valence-electron chi connectivity index (χ3n) is 6.69. The molecule has 0 radical (unpaired) electrons. The molecular formula is C22H25ClN2O. The number of nitrogens with zero attached hydrogens (tertiary/aromatic N) is 1. The van der Waals surface area contributed by atoms with Gasteiger partial charge in [-0.3, -0.25) is 4.79 Å². The van der Waals surface area contributed by atoms with Gasteiger partial charge >= 0.3 is 0 Å². The molecule has 1 aliphatic carbocycles. The first kappa shape index (κ1) is 17.6. The predicted molar refractivity (Wildman–Crippen MR) is 107 cm³/mol. The highest BCUT2D eigenvalue weighted by molar-refractivity contribution is 6.09. The van der Waals surface area contributed by atoms with E-state index in [2.05, 4.69) is 41.7 Å². The largest absolute Gasteiger partial charge is 0.310 e. The van der Waals surface area contributed by atoms with Crippen LogP contribution in [0.1, 0.15) is 43.2 Å². The van der Waals surface area contributed by atoms with Crippen LogP contribution in [-0.2, 0) is 16.8 Å². The third kappa shape index (κ3) is 2.20. The average Bonchev–Trinajstić information content (AvgIpc) is 3.34. The van der Waals surface area contributed by atoms with Crippen LogP contribution in [0, 0.1) is 0 Å². The van der Waals surface area contributed by atoms with E-state index >= 15 is 0 Å². The molecule has 1 N–H and O–H groups in total. The van der Waals surface area contributed by atoms with Gasteiger partial charge in [0, 0.05) is 11.2 Å². The Morgan fingerprint density at radius 1 is 0.923 bits per heavy atom. The number of para-hydroxylation sites is 1. The van der Waals surface area contributed by atoms with E-state index in [-0.39, 0.29) is 23.4 Å². The molecule has 1 unspecified atom stereocenters. The third-order valence-corrected chi connectivity index (χ3v) is 6.69. The summed E-state index contributed by atoms with van der Waals surface area (Å²) in [6.07, 6.45) is 5.61. The van der Waals surface area contributed by atoms with Crippen LogP contribution in [0.15, 0.2) is 54.6 Å². The molecule has 26 heavy (non-hydrogen) atoms. The fourth-order valence-electron chi connectivity index (χ4n) is 5.61. The number of amides is 1. The topological polar surface area (TPSA) is 32.3 Å². The lowest BCUT2D eigenvalue weighted by Crippen LogP contribution is -2.57. The van der Waals surface area contributed by atoms with Crippen LogP contribution in [0.3, 0.4) is 0 Å². The number of anilines is 1. The Balaban J connectivity index is 0.00000168. The highest BCUT2D eigenvalue weighted by Gasteiger charge is 2.65. The number of hydrogen-bond donors (Lipinski definition) is 1. The van der Waals surface area contributed by atoms with Gasteiger partial charge in [-0.15, -0.1) is 12.4 Å². The standard InChI is InChI=1S/C22H24N2O.ClH/c25-20-22(14-15-23-21(22)12-6-7-13-21)18-10-4-5-11-19(18)24(20)16-17-8-2-1-3-9-17;/h1-5,8-11,23H,6-7,12-16H2;1H. The maximum absolute atomic E-state index is 13.8. The second kappa shape index (κ2) is 6.40. The minimum absolute atomic E-state index is 0. The van der Waals surface area contributed by atoms with Gasteiger partial charge < -0.3 is 10.2 Å². The molecule has 1 saturated carbocycles. The number of halogens is 1. The molecule has 0 bridgehead atoms. The lowest BCUT2D eigenvalue weighted by Gasteiger charge is -2.40. The Hall–Kier alpha value is -1.84. The predicted octanol–water partition coefficient (Wildman–Crippen LogP) is 4.20. The fourth-order valence-corrected chi connectivity index (χ4v) is 5.61. The van der Waals surface area contributed by atoms with Gasteiger partial charge in [-0.05, 0) is 43.0 Å². The number of carbonyl (C=O) groups is 1. The van der Waals surface area contributed by atoms with Gasteiger partial charge in [0.2, 0.25) is 5.91 Å². The van der Waals surface area contributed by atoms with Gasteiger partial charge in [0.15, 0.2) is 0 Å². The number of benzene rings is 2. The number of fused-ring (bicyclic) bond motifs is 3. The van der Waals surface area contributed by atoms with Crippen molar-refractivity contribution in [2.75, 3.05) is 11.4 Å². The number of rotatable bonds is 2. The van der Waals surface area contributed by atoms with Crippen molar-refractivity contribution < 1.29 is 4.79 Å². The van der Waals surface area contributed by atoms with Gasteiger partial charge in [-0.1, -0.05) is 61.4 Å². The van der Waals surface area contributed by atoms with E-state index < -0.39 is 0 Å². The molecule has 4 heteroatoms. The molecule has 2 fully saturated rings. The lowest BCUT2D eigenvalue weighted by atomic mass is 9.65. The van der Waals surface area contributed by atoms with E-state index in [4.69, 9.17) is 0 Å². The zero-order valence-electron chi connectivity index (χ0n) is 14.9. The second-order valence-corrected chi connectivity index (χ2v) is 7.77. The summed E-state index contributed by atoms with van der Waals surface area (Å²) in [5, 5.41) is 3.77. The van der Waals surface area contributed by atoms with Crippen molar-refractivity contribution in [1.82, 2.24) is 5.32 Å². The maximum atomic E-state index is 13.8. The minimum atomic E-state index is -0.366. The van der Waals surface area contributed by atoms with Crippen molar-refractivity contribution in [3.8, 4) is 0 Å². The van der Waals surface area contributed by atoms with Crippen molar-refractivity contribution in [3.63, 3.8) is 0 Å². The van der Waals surface area contributed by atoms with Crippen LogP contribution in [0.5, 0.6) is 0 Å². The van der Waals surface area contributed by atoms with Crippen LogP contribution < -0.4 is 10.2 Å². The second-order valence-electron chi connectivity index (χ2n) is 7.77. The molecule has 1 atom stereocenters. The summed E-state index contributed by atoms with van der Waals surface area (Å²) in [5.74, 6) is 0.310. The average molecular weight is 369 g/mol. The summed E-state index contributed by atoms with van der Waals surface area (Å²) < 4.78 is 0. The molecule has 136 valence electrons. The van der Waals surface area contributed by atoms with Crippen molar-refractivity contribution in [3.05, 3.63) is 65.7 Å². The van der Waals surface area contributed by atoms with E-state index in [0.29, 0.717) is 12.5 Å². The van der Waals surface area contributed by atoms with Crippen molar-refractivity contribution in [2.24, 2.45) is 0 Å². The van der Waals surface area contributed by atoms with Gasteiger partial charge in [0.05, 0.1) is 12.0 Å². The maximum Gasteiger partial charge on any atom is 0.239 e. The van der Waals surface area contributed by atoms with Crippen molar-refractivity contribution >= 4 is 24.0 Å². The first-order chi connectivity index (χ1) is 12.3. The molecule has 2 heterocycles. The lowest BCUT2D eigenvalue weighted by molar-refractivity contribution is -0.125. The SMILES string of the molecule is Cl.O=C1N(Cc2ccccc2)c2ccccc2C12CCNC21CCCC1. The summed E-state index contributed by atoms with van der Waals surface area (Å²) in [4.78, 5) is 15.9. The van der Waals surface area contributed by atoms with Gasteiger partial charge in [0.1, 0.15) is 0 Å². The van der Waals surface area contributed by atoms with E-state index in [9.17, 15) is 4.79 Å². The first-order valence-corrected chi connectivity index (χ1v) is 9.47. The van der Waals surface area contributed by atoms with Crippen molar-refractivity contribution in [2.45, 2.75) is 49.6 Å². The summed E-state index contributed by atoms with van der Waals surface area (Å²) in [7, 11) is 0. The molecular weight excluding hydrogens is 344 g/mol. The summed E-state index contributed by atoms with van der Waals surface area (Å²) in [6, 6.07) is 18.8. The Kier molecular flexibility index (Phi) is 4.32. The Bertz CT molecular complexity index is 810. The highest BCUT2D eigenvalue weighted by Crippen LogP contribution is 2.57. The summed E-state index contributed by atoms with van der Waals surface area (Å²) in [6.45, 7) is 1.60. The van der Waals surface area contributed by atoms with Gasteiger partial charge in [-0.25, -0.2) is 0 Å².